The molecule has 2 aliphatic rings. The number of hydrogen-bond donors (Lipinski definition) is 2. The average Bonchev–Trinajstić information content (AvgIpc) is 3.09. The standard InChI is InChI=1S/C20H16FN3O4/c21-13-7-11-16-19(17(13)23-6-5-10(22)8-23)28-15-4-2-1-3-14(15)24(16)9-12(18(11)25)20(26)27/h1-4,7,9-10H,5-6,8,22H2,(H,26,27)/t10-/m1/s1. The van der Waals surface area contributed by atoms with Gasteiger partial charge in [-0.3, -0.25) is 4.79 Å². The molecular weight excluding hydrogens is 365 g/mol. The second-order valence-electron chi connectivity index (χ2n) is 7.04. The third-order valence-electron chi connectivity index (χ3n) is 5.28. The van der Waals surface area contributed by atoms with Gasteiger partial charge in [-0.25, -0.2) is 9.18 Å². The molecule has 28 heavy (non-hydrogen) atoms. The highest BCUT2D eigenvalue weighted by atomic mass is 19.1. The van der Waals surface area contributed by atoms with Crippen molar-refractivity contribution < 1.29 is 19.0 Å². The molecule has 0 amide bonds. The first kappa shape index (κ1) is 16.8. The van der Waals surface area contributed by atoms with Gasteiger partial charge in [0.1, 0.15) is 16.8 Å². The molecule has 3 heterocycles. The number of halogens is 1. The van der Waals surface area contributed by atoms with Crippen LogP contribution in [0.15, 0.2) is 41.3 Å². The van der Waals surface area contributed by atoms with Crippen molar-refractivity contribution in [3.05, 3.63) is 58.1 Å². The van der Waals surface area contributed by atoms with Gasteiger partial charge in [0.2, 0.25) is 5.43 Å². The summed E-state index contributed by atoms with van der Waals surface area (Å²) in [4.78, 5) is 26.1. The highest BCUT2D eigenvalue weighted by Crippen LogP contribution is 2.46. The second kappa shape index (κ2) is 5.80. The number of carbonyl (C=O) groups is 1. The van der Waals surface area contributed by atoms with Crippen molar-refractivity contribution in [2.75, 3.05) is 18.0 Å². The van der Waals surface area contributed by atoms with Gasteiger partial charge in [0, 0.05) is 25.3 Å². The Bertz CT molecular complexity index is 1220. The Kier molecular flexibility index (Phi) is 3.47. The van der Waals surface area contributed by atoms with E-state index in [1.165, 1.54) is 6.20 Å². The van der Waals surface area contributed by atoms with Crippen molar-refractivity contribution >= 4 is 22.6 Å². The van der Waals surface area contributed by atoms with Crippen molar-refractivity contribution in [2.45, 2.75) is 12.5 Å². The molecule has 2 aromatic carbocycles. The molecule has 8 heteroatoms. The van der Waals surface area contributed by atoms with E-state index in [9.17, 15) is 14.7 Å². The molecule has 0 saturated carbocycles. The molecule has 2 aliphatic heterocycles. The third-order valence-corrected chi connectivity index (χ3v) is 5.28. The van der Waals surface area contributed by atoms with Gasteiger partial charge in [-0.2, -0.15) is 0 Å². The Balaban J connectivity index is 1.92. The summed E-state index contributed by atoms with van der Waals surface area (Å²) in [5, 5.41) is 9.41. The highest BCUT2D eigenvalue weighted by molar-refractivity contribution is 5.99. The zero-order valence-corrected chi connectivity index (χ0v) is 14.7. The molecule has 142 valence electrons. The molecule has 7 nitrogen and oxygen atoms in total. The number of para-hydroxylation sites is 2. The van der Waals surface area contributed by atoms with Crippen molar-refractivity contribution in [1.29, 1.82) is 0 Å². The number of anilines is 1. The zero-order valence-electron chi connectivity index (χ0n) is 14.7. The van der Waals surface area contributed by atoms with Crippen LogP contribution in [0, 0.1) is 5.82 Å². The fourth-order valence-corrected chi connectivity index (χ4v) is 3.99. The maximum atomic E-state index is 15.1. The van der Waals surface area contributed by atoms with Gasteiger partial charge in [-0.1, -0.05) is 12.1 Å². The molecule has 1 saturated heterocycles. The summed E-state index contributed by atoms with van der Waals surface area (Å²) in [6.07, 6.45) is 1.99. The number of ether oxygens (including phenoxy) is 1. The van der Waals surface area contributed by atoms with E-state index >= 15 is 4.39 Å². The summed E-state index contributed by atoms with van der Waals surface area (Å²) >= 11 is 0. The number of fused-ring (bicyclic) bond motifs is 2. The molecule has 0 aliphatic carbocycles. The number of carboxylic acids is 1. The van der Waals surface area contributed by atoms with Crippen molar-refractivity contribution in [2.24, 2.45) is 5.73 Å². The van der Waals surface area contributed by atoms with Gasteiger partial charge < -0.3 is 25.0 Å². The topological polar surface area (TPSA) is 97.8 Å². The van der Waals surface area contributed by atoms with Gasteiger partial charge in [0.05, 0.1) is 11.1 Å². The molecule has 1 fully saturated rings. The number of pyridine rings is 1. The van der Waals surface area contributed by atoms with Gasteiger partial charge in [-0.15, -0.1) is 0 Å². The molecule has 1 atom stereocenters. The van der Waals surface area contributed by atoms with E-state index in [2.05, 4.69) is 0 Å². The molecule has 0 bridgehead atoms. The van der Waals surface area contributed by atoms with E-state index in [0.29, 0.717) is 30.0 Å². The quantitative estimate of drug-likeness (QED) is 0.554. The predicted octanol–water partition coefficient (Wildman–Crippen LogP) is 2.47. The Morgan fingerprint density at radius 3 is 2.82 bits per heavy atom. The van der Waals surface area contributed by atoms with Crippen LogP contribution >= 0.6 is 0 Å². The molecule has 5 rings (SSSR count). The van der Waals surface area contributed by atoms with Crippen LogP contribution in [0.25, 0.3) is 16.6 Å². The fraction of sp³-hybridized carbons (Fsp3) is 0.200. The van der Waals surface area contributed by atoms with E-state index in [0.717, 1.165) is 12.5 Å². The van der Waals surface area contributed by atoms with E-state index in [1.54, 1.807) is 28.8 Å². The monoisotopic (exact) mass is 381 g/mol. The second-order valence-corrected chi connectivity index (χ2v) is 7.04. The van der Waals surface area contributed by atoms with Crippen molar-refractivity contribution in [3.8, 4) is 17.2 Å². The van der Waals surface area contributed by atoms with E-state index < -0.39 is 22.8 Å². The van der Waals surface area contributed by atoms with Crippen molar-refractivity contribution in [3.63, 3.8) is 0 Å². The number of carboxylic acid groups (broad SMARTS) is 1. The van der Waals surface area contributed by atoms with Crippen LogP contribution in [-0.4, -0.2) is 34.8 Å². The first-order chi connectivity index (χ1) is 13.5. The van der Waals surface area contributed by atoms with E-state index in [4.69, 9.17) is 10.5 Å². The molecule has 0 unspecified atom stereocenters. The van der Waals surface area contributed by atoms with Crippen LogP contribution in [0.5, 0.6) is 11.5 Å². The van der Waals surface area contributed by atoms with Crippen molar-refractivity contribution in [1.82, 2.24) is 4.57 Å². The maximum Gasteiger partial charge on any atom is 0.341 e. The lowest BCUT2D eigenvalue weighted by atomic mass is 10.1. The fourth-order valence-electron chi connectivity index (χ4n) is 3.99. The van der Waals surface area contributed by atoms with Crippen LogP contribution in [0.3, 0.4) is 0 Å². The van der Waals surface area contributed by atoms with Crippen LogP contribution < -0.4 is 20.8 Å². The molecular formula is C20H16FN3O4. The Morgan fingerprint density at radius 1 is 1.32 bits per heavy atom. The summed E-state index contributed by atoms with van der Waals surface area (Å²) in [7, 11) is 0. The Hall–Kier alpha value is -3.39. The molecule has 0 spiro atoms. The minimum Gasteiger partial charge on any atom is -0.477 e. The lowest BCUT2D eigenvalue weighted by molar-refractivity contribution is 0.0695. The first-order valence-corrected chi connectivity index (χ1v) is 8.88. The van der Waals surface area contributed by atoms with Crippen LogP contribution in [0.1, 0.15) is 16.8 Å². The minimum absolute atomic E-state index is 0.0332. The van der Waals surface area contributed by atoms with E-state index in [1.807, 2.05) is 4.90 Å². The molecule has 1 aromatic heterocycles. The van der Waals surface area contributed by atoms with Crippen LogP contribution in [-0.2, 0) is 0 Å². The number of aromatic nitrogens is 1. The summed E-state index contributed by atoms with van der Waals surface area (Å²) in [5.41, 5.74) is 6.00. The van der Waals surface area contributed by atoms with Crippen LogP contribution in [0.2, 0.25) is 0 Å². The largest absolute Gasteiger partial charge is 0.477 e. The van der Waals surface area contributed by atoms with Gasteiger partial charge in [0.15, 0.2) is 17.3 Å². The third kappa shape index (κ3) is 2.24. The van der Waals surface area contributed by atoms with Gasteiger partial charge in [0.25, 0.3) is 0 Å². The number of nitrogens with two attached hydrogens (primary N) is 1. The summed E-state index contributed by atoms with van der Waals surface area (Å²) in [6.45, 7) is 1.04. The first-order valence-electron chi connectivity index (χ1n) is 8.88. The number of nitrogens with zero attached hydrogens (tertiary/aromatic N) is 2. The summed E-state index contributed by atoms with van der Waals surface area (Å²) < 4.78 is 22.8. The molecule has 3 aromatic rings. The Labute approximate surface area is 158 Å². The normalized spacial score (nSPS) is 17.5. The number of aromatic carboxylic acids is 1. The highest BCUT2D eigenvalue weighted by Gasteiger charge is 2.32. The summed E-state index contributed by atoms with van der Waals surface area (Å²) in [5.74, 6) is -1.35. The smallest absolute Gasteiger partial charge is 0.341 e. The van der Waals surface area contributed by atoms with Gasteiger partial charge in [-0.05, 0) is 24.6 Å². The SMILES string of the molecule is N[C@@H]1CCN(c2c(F)cc3c(=O)c(C(=O)O)cn4c3c2Oc2ccccc2-4)C1. The molecule has 0 radical (unpaired) electrons. The van der Waals surface area contributed by atoms with E-state index in [-0.39, 0.29) is 22.9 Å². The lowest BCUT2D eigenvalue weighted by Gasteiger charge is -2.29. The summed E-state index contributed by atoms with van der Waals surface area (Å²) in [6, 6.07) is 8.04. The zero-order chi connectivity index (χ0) is 19.6. The lowest BCUT2D eigenvalue weighted by Crippen LogP contribution is -2.28. The Morgan fingerprint density at radius 2 is 2.11 bits per heavy atom. The number of benzene rings is 2. The molecule has 3 N–H and O–H groups in total. The average molecular weight is 381 g/mol. The van der Waals surface area contributed by atoms with Gasteiger partial charge >= 0.3 is 5.97 Å². The number of rotatable bonds is 2. The van der Waals surface area contributed by atoms with Crippen LogP contribution in [0.4, 0.5) is 10.1 Å². The predicted molar refractivity (Wildman–Crippen MR) is 101 cm³/mol. The minimum atomic E-state index is -1.36. The maximum absolute atomic E-state index is 15.1. The number of hydrogen-bond acceptors (Lipinski definition) is 5.